The van der Waals surface area contributed by atoms with Crippen LogP contribution < -0.4 is 0 Å². The van der Waals surface area contributed by atoms with Crippen molar-refractivity contribution >= 4 is 17.0 Å². The summed E-state index contributed by atoms with van der Waals surface area (Å²) in [6.07, 6.45) is 0. The molecule has 0 amide bonds. The van der Waals surface area contributed by atoms with E-state index in [0.29, 0.717) is 0 Å². The molecule has 5 heavy (non-hydrogen) atoms. The first-order valence-corrected chi connectivity index (χ1v) is 4.09. The minimum atomic E-state index is -0.144. The average molecular weight is 105 g/mol. The molecule has 28 valence electrons. The zero-order valence-corrected chi connectivity index (χ0v) is 4.93. The molecule has 0 atom stereocenters. The molecule has 0 aliphatic rings. The Morgan fingerprint density at radius 1 is 2.00 bits per heavy atom. The second-order valence-corrected chi connectivity index (χ2v) is 2.76. The maximum Gasteiger partial charge on any atom is 0.216 e. The van der Waals surface area contributed by atoms with Gasteiger partial charge in [0.1, 0.15) is 0 Å². The third kappa shape index (κ3) is 4.12. The highest BCUT2D eigenvalue weighted by Crippen LogP contribution is 1.74. The largest absolute Gasteiger partial charge is 0.329 e. The molecule has 0 N–H and O–H groups in total. The van der Waals surface area contributed by atoms with Crippen molar-refractivity contribution in [2.45, 2.75) is 0 Å². The van der Waals surface area contributed by atoms with Crippen molar-refractivity contribution in [3.8, 4) is 0 Å². The zero-order chi connectivity index (χ0) is 4.12. The van der Waals surface area contributed by atoms with Crippen molar-refractivity contribution in [3.63, 3.8) is 0 Å². The van der Waals surface area contributed by atoms with Crippen LogP contribution in [-0.4, -0.2) is 16.0 Å². The van der Waals surface area contributed by atoms with E-state index in [9.17, 15) is 4.57 Å². The summed E-state index contributed by atoms with van der Waals surface area (Å²) < 4.78 is 13.1. The van der Waals surface area contributed by atoms with Crippen LogP contribution in [0.15, 0.2) is 4.63 Å². The van der Waals surface area contributed by atoms with E-state index in [2.05, 4.69) is 4.63 Å². The molecule has 0 saturated heterocycles. The van der Waals surface area contributed by atoms with Gasteiger partial charge in [0.25, 0.3) is 0 Å². The van der Waals surface area contributed by atoms with Crippen LogP contribution in [-0.2, 0) is 4.57 Å². The van der Waals surface area contributed by atoms with E-state index in [1.165, 1.54) is 0 Å². The highest BCUT2D eigenvalue weighted by molar-refractivity contribution is 7.57. The summed E-state index contributed by atoms with van der Waals surface area (Å²) in [4.78, 5) is 0. The summed E-state index contributed by atoms with van der Waals surface area (Å²) in [7, 11) is 1.72. The second-order valence-electron chi connectivity index (χ2n) is 0.479. The van der Waals surface area contributed by atoms with Crippen LogP contribution in [0, 0.1) is 0 Å². The van der Waals surface area contributed by atoms with E-state index < -0.39 is 0 Å². The fourth-order valence-electron chi connectivity index (χ4n) is 0.0471. The van der Waals surface area contributed by atoms with Gasteiger partial charge < -0.3 is 4.63 Å². The van der Waals surface area contributed by atoms with Crippen LogP contribution in [0.4, 0.5) is 0 Å². The van der Waals surface area contributed by atoms with Gasteiger partial charge in [-0.1, -0.05) is 0 Å². The number of nitrogens with zero attached hydrogens (tertiary/aromatic N) is 1. The third-order valence-corrected chi connectivity index (χ3v) is 1.46. The lowest BCUT2D eigenvalue weighted by Gasteiger charge is -1.51. The molecule has 0 spiro atoms. The lowest BCUT2D eigenvalue weighted by molar-refractivity contribution is 0.605. The molecule has 0 rings (SSSR count). The predicted octanol–water partition coefficient (Wildman–Crippen LogP) is 0.443. The van der Waals surface area contributed by atoms with Gasteiger partial charge in [-0.05, 0) is 0 Å². The van der Waals surface area contributed by atoms with E-state index in [-0.39, 0.29) is 17.0 Å². The lowest BCUT2D eigenvalue weighted by Crippen LogP contribution is -1.47. The van der Waals surface area contributed by atoms with Gasteiger partial charge in [-0.2, -0.15) is 0 Å². The van der Waals surface area contributed by atoms with Crippen molar-refractivity contribution in [2.75, 3.05) is 7.05 Å². The minimum Gasteiger partial charge on any atom is -0.329 e. The zero-order valence-electron chi connectivity index (χ0n) is 2.88. The predicted molar refractivity (Wildman–Crippen MR) is 23.1 cm³/mol. The number of hydrogen-bond donors (Lipinski definition) is 0. The van der Waals surface area contributed by atoms with Crippen LogP contribution in [0.2, 0.25) is 0 Å². The van der Waals surface area contributed by atoms with E-state index >= 15 is 0 Å². The summed E-state index contributed by atoms with van der Waals surface area (Å²) in [5, 5.41) is 0. The number of hydrogen-bond acceptors (Lipinski definition) is 2. The van der Waals surface area contributed by atoms with Gasteiger partial charge in [-0.25, -0.2) is 0 Å². The Morgan fingerprint density at radius 3 is 2.60 bits per heavy atom. The molecule has 0 bridgehead atoms. The molecule has 0 aliphatic heterocycles. The number of rotatable bonds is 1. The van der Waals surface area contributed by atoms with E-state index in [0.717, 1.165) is 0 Å². The second kappa shape index (κ2) is 4.12. The lowest BCUT2D eigenvalue weighted by atomic mass is 11.6. The highest BCUT2D eigenvalue weighted by atomic mass is 31.3. The molecule has 0 aromatic rings. The van der Waals surface area contributed by atoms with Gasteiger partial charge in [0.2, 0.25) is 8.98 Å². The van der Waals surface area contributed by atoms with Crippen LogP contribution in [0.25, 0.3) is 0 Å². The maximum absolute atomic E-state index is 9.45. The molecule has 0 unspecified atom stereocenters. The highest BCUT2D eigenvalue weighted by Gasteiger charge is 1.54. The standard InChI is InChI=1S/CH4NOPSi/c1-2-5-4-3/h5H,1H3/b5-2+. The molecule has 0 radical (unpaired) electrons. The topological polar surface area (TPSA) is 29.4 Å². The van der Waals surface area contributed by atoms with Crippen LogP contribution in [0.1, 0.15) is 0 Å². The van der Waals surface area contributed by atoms with Crippen molar-refractivity contribution in [2.24, 2.45) is 4.63 Å². The van der Waals surface area contributed by atoms with E-state index in [1.807, 2.05) is 0 Å². The molecular weight excluding hydrogens is 101 g/mol. The molecule has 0 heterocycles. The summed E-state index contributed by atoms with van der Waals surface area (Å²) in [6, 6.07) is 0. The van der Waals surface area contributed by atoms with E-state index in [1.54, 1.807) is 7.05 Å². The van der Waals surface area contributed by atoms with E-state index in [4.69, 9.17) is 0 Å². The molecule has 4 heteroatoms. The Balaban J connectivity index is 2.92. The molecular formula is CH4NOPSi. The Labute approximate surface area is 34.2 Å². The van der Waals surface area contributed by atoms with Gasteiger partial charge in [0.05, 0.1) is 0 Å². The summed E-state index contributed by atoms with van der Waals surface area (Å²) >= 11 is 0. The fraction of sp³-hybridized carbons (Fsp3) is 1.00. The van der Waals surface area contributed by atoms with Gasteiger partial charge in [0, 0.05) is 7.05 Å². The monoisotopic (exact) mass is 105 g/mol. The van der Waals surface area contributed by atoms with Crippen LogP contribution in [0.3, 0.4) is 0 Å². The molecule has 0 aromatic heterocycles. The maximum atomic E-state index is 9.45. The molecule has 0 aromatic carbocycles. The Kier molecular flexibility index (Phi) is 4.21. The van der Waals surface area contributed by atoms with Gasteiger partial charge in [-0.3, -0.25) is 4.57 Å². The SMILES string of the molecule is C/N=[SiH]/P=O. The average Bonchev–Trinajstić information content (AvgIpc) is 1.41. The van der Waals surface area contributed by atoms with Gasteiger partial charge in [-0.15, -0.1) is 0 Å². The van der Waals surface area contributed by atoms with Crippen molar-refractivity contribution in [1.29, 1.82) is 0 Å². The van der Waals surface area contributed by atoms with Crippen molar-refractivity contribution in [3.05, 3.63) is 0 Å². The van der Waals surface area contributed by atoms with Gasteiger partial charge >= 0.3 is 0 Å². The molecule has 0 saturated carbocycles. The first kappa shape index (κ1) is 5.12. The van der Waals surface area contributed by atoms with Crippen molar-refractivity contribution in [1.82, 2.24) is 0 Å². The minimum absolute atomic E-state index is 0.144. The van der Waals surface area contributed by atoms with Crippen molar-refractivity contribution < 1.29 is 4.57 Å². The molecule has 2 nitrogen and oxygen atoms in total. The normalized spacial score (nSPS) is 10.6. The third-order valence-electron chi connectivity index (χ3n) is 0.163. The first-order valence-electron chi connectivity index (χ1n) is 1.15. The molecule has 0 aliphatic carbocycles. The first-order chi connectivity index (χ1) is 2.41. The Hall–Kier alpha value is 0.117. The Morgan fingerprint density at radius 2 is 2.60 bits per heavy atom. The van der Waals surface area contributed by atoms with Crippen LogP contribution in [0.5, 0.6) is 0 Å². The summed E-state index contributed by atoms with van der Waals surface area (Å²) in [6.45, 7) is 0. The smallest absolute Gasteiger partial charge is 0.216 e. The summed E-state index contributed by atoms with van der Waals surface area (Å²) in [5.74, 6) is 0. The quantitative estimate of drug-likeness (QED) is 0.351. The van der Waals surface area contributed by atoms with Gasteiger partial charge in [0.15, 0.2) is 8.01 Å². The molecule has 0 fully saturated rings. The summed E-state index contributed by atoms with van der Waals surface area (Å²) in [5.41, 5.74) is 0. The Bertz CT molecular complexity index is 53.6. The van der Waals surface area contributed by atoms with Crippen LogP contribution >= 0.6 is 8.01 Å². The fourth-order valence-corrected chi connectivity index (χ4v) is 0.424.